The number of nitrogens with zero attached hydrogens (tertiary/aromatic N) is 2. The third-order valence-electron chi connectivity index (χ3n) is 3.99. The SMILES string of the molecule is COc1cccc(C=C2CCc3c(cnn3C)C2=O)c1OC. The molecule has 0 atom stereocenters. The van der Waals surface area contributed by atoms with Crippen molar-refractivity contribution in [2.75, 3.05) is 14.2 Å². The van der Waals surface area contributed by atoms with Crippen LogP contribution in [-0.4, -0.2) is 29.8 Å². The van der Waals surface area contributed by atoms with Crippen molar-refractivity contribution in [3.05, 3.63) is 46.8 Å². The Morgan fingerprint density at radius 2 is 2.05 bits per heavy atom. The van der Waals surface area contributed by atoms with Crippen molar-refractivity contribution in [1.29, 1.82) is 0 Å². The number of hydrogen-bond acceptors (Lipinski definition) is 4. The summed E-state index contributed by atoms with van der Waals surface area (Å²) in [6.45, 7) is 0. The minimum atomic E-state index is 0.0409. The van der Waals surface area contributed by atoms with Crippen LogP contribution in [0.15, 0.2) is 30.0 Å². The Labute approximate surface area is 129 Å². The lowest BCUT2D eigenvalue weighted by Gasteiger charge is -2.16. The summed E-state index contributed by atoms with van der Waals surface area (Å²) in [5.74, 6) is 1.34. The average molecular weight is 298 g/mol. The van der Waals surface area contributed by atoms with E-state index in [-0.39, 0.29) is 5.78 Å². The fraction of sp³-hybridized carbons (Fsp3) is 0.294. The van der Waals surface area contributed by atoms with Gasteiger partial charge < -0.3 is 9.47 Å². The van der Waals surface area contributed by atoms with Crippen molar-refractivity contribution in [3.8, 4) is 11.5 Å². The van der Waals surface area contributed by atoms with E-state index in [4.69, 9.17) is 9.47 Å². The van der Waals surface area contributed by atoms with E-state index >= 15 is 0 Å². The van der Waals surface area contributed by atoms with Crippen LogP contribution < -0.4 is 9.47 Å². The number of aromatic nitrogens is 2. The van der Waals surface area contributed by atoms with Gasteiger partial charge in [-0.3, -0.25) is 9.48 Å². The van der Waals surface area contributed by atoms with Gasteiger partial charge in [0, 0.05) is 23.9 Å². The van der Waals surface area contributed by atoms with E-state index in [9.17, 15) is 4.79 Å². The third-order valence-corrected chi connectivity index (χ3v) is 3.99. The summed E-state index contributed by atoms with van der Waals surface area (Å²) in [6.07, 6.45) is 5.05. The Balaban J connectivity index is 2.02. The fourth-order valence-corrected chi connectivity index (χ4v) is 2.84. The predicted molar refractivity (Wildman–Crippen MR) is 83.4 cm³/mol. The van der Waals surface area contributed by atoms with E-state index < -0.39 is 0 Å². The summed E-state index contributed by atoms with van der Waals surface area (Å²) in [4.78, 5) is 12.6. The molecule has 0 radical (unpaired) electrons. The van der Waals surface area contributed by atoms with E-state index in [1.165, 1.54) is 0 Å². The Morgan fingerprint density at radius 3 is 2.77 bits per heavy atom. The number of ketones is 1. The molecule has 3 rings (SSSR count). The number of allylic oxidation sites excluding steroid dienone is 1. The number of aryl methyl sites for hydroxylation is 1. The number of Topliss-reactive ketones (excluding diaryl/α,β-unsaturated/α-hetero) is 1. The van der Waals surface area contributed by atoms with E-state index in [0.29, 0.717) is 23.5 Å². The van der Waals surface area contributed by atoms with Crippen LogP contribution >= 0.6 is 0 Å². The molecule has 5 nitrogen and oxygen atoms in total. The second-order valence-corrected chi connectivity index (χ2v) is 5.21. The number of carbonyl (C=O) groups is 1. The molecule has 114 valence electrons. The smallest absolute Gasteiger partial charge is 0.192 e. The van der Waals surface area contributed by atoms with Gasteiger partial charge in [-0.2, -0.15) is 5.10 Å². The Bertz CT molecular complexity index is 759. The van der Waals surface area contributed by atoms with Crippen LogP contribution in [0.3, 0.4) is 0 Å². The lowest BCUT2D eigenvalue weighted by Crippen LogP contribution is -2.15. The van der Waals surface area contributed by atoms with E-state index in [1.54, 1.807) is 25.1 Å². The van der Waals surface area contributed by atoms with Gasteiger partial charge in [0.1, 0.15) is 0 Å². The number of hydrogen-bond donors (Lipinski definition) is 0. The molecule has 1 aromatic carbocycles. The molecule has 0 bridgehead atoms. The second kappa shape index (κ2) is 5.67. The van der Waals surface area contributed by atoms with Gasteiger partial charge in [-0.15, -0.1) is 0 Å². The summed E-state index contributed by atoms with van der Waals surface area (Å²) >= 11 is 0. The second-order valence-electron chi connectivity index (χ2n) is 5.21. The number of para-hydroxylation sites is 1. The van der Waals surface area contributed by atoms with Crippen molar-refractivity contribution in [2.24, 2.45) is 7.05 Å². The lowest BCUT2D eigenvalue weighted by molar-refractivity contribution is 0.102. The quantitative estimate of drug-likeness (QED) is 0.817. The minimum Gasteiger partial charge on any atom is -0.493 e. The lowest BCUT2D eigenvalue weighted by atomic mass is 9.90. The van der Waals surface area contributed by atoms with Crippen LogP contribution in [0.4, 0.5) is 0 Å². The zero-order valence-corrected chi connectivity index (χ0v) is 12.9. The molecule has 0 aliphatic heterocycles. The Morgan fingerprint density at radius 1 is 1.23 bits per heavy atom. The highest BCUT2D eigenvalue weighted by atomic mass is 16.5. The molecule has 1 heterocycles. The summed E-state index contributed by atoms with van der Waals surface area (Å²) in [5, 5.41) is 4.18. The molecule has 0 N–H and O–H groups in total. The maximum atomic E-state index is 12.6. The molecule has 0 saturated carbocycles. The van der Waals surface area contributed by atoms with Gasteiger partial charge in [0.15, 0.2) is 17.3 Å². The van der Waals surface area contributed by atoms with Crippen molar-refractivity contribution >= 4 is 11.9 Å². The Hall–Kier alpha value is -2.56. The first-order valence-electron chi connectivity index (χ1n) is 7.13. The van der Waals surface area contributed by atoms with Gasteiger partial charge in [-0.25, -0.2) is 0 Å². The highest BCUT2D eigenvalue weighted by Gasteiger charge is 2.25. The van der Waals surface area contributed by atoms with Gasteiger partial charge in [-0.1, -0.05) is 12.1 Å². The largest absolute Gasteiger partial charge is 0.493 e. The predicted octanol–water partition coefficient (Wildman–Crippen LogP) is 2.65. The zero-order valence-electron chi connectivity index (χ0n) is 12.9. The van der Waals surface area contributed by atoms with Crippen LogP contribution in [0.2, 0.25) is 0 Å². The number of rotatable bonds is 3. The van der Waals surface area contributed by atoms with Gasteiger partial charge in [-0.05, 0) is 25.0 Å². The topological polar surface area (TPSA) is 53.4 Å². The summed E-state index contributed by atoms with van der Waals surface area (Å²) in [7, 11) is 5.07. The molecule has 1 aliphatic rings. The molecule has 0 fully saturated rings. The van der Waals surface area contributed by atoms with Crippen molar-refractivity contribution < 1.29 is 14.3 Å². The van der Waals surface area contributed by atoms with Crippen molar-refractivity contribution in [1.82, 2.24) is 9.78 Å². The molecule has 1 aliphatic carbocycles. The molecule has 0 unspecified atom stereocenters. The van der Waals surface area contributed by atoms with E-state index in [1.807, 2.05) is 31.3 Å². The number of carbonyl (C=O) groups excluding carboxylic acids is 1. The van der Waals surface area contributed by atoms with Crippen LogP contribution in [0, 0.1) is 0 Å². The summed E-state index contributed by atoms with van der Waals surface area (Å²) in [6, 6.07) is 5.64. The number of ether oxygens (including phenoxy) is 2. The zero-order chi connectivity index (χ0) is 15.7. The van der Waals surface area contributed by atoms with Gasteiger partial charge in [0.25, 0.3) is 0 Å². The van der Waals surface area contributed by atoms with Crippen LogP contribution in [0.25, 0.3) is 6.08 Å². The first-order chi connectivity index (χ1) is 10.7. The molecule has 0 amide bonds. The van der Waals surface area contributed by atoms with Crippen molar-refractivity contribution in [3.63, 3.8) is 0 Å². The summed E-state index contributed by atoms with van der Waals surface area (Å²) in [5.41, 5.74) is 3.31. The van der Waals surface area contributed by atoms with Gasteiger partial charge >= 0.3 is 0 Å². The first kappa shape index (κ1) is 14.4. The van der Waals surface area contributed by atoms with Crippen LogP contribution in [-0.2, 0) is 13.5 Å². The number of benzene rings is 1. The Kier molecular flexibility index (Phi) is 3.71. The normalized spacial score (nSPS) is 15.8. The molecule has 2 aromatic rings. The van der Waals surface area contributed by atoms with E-state index in [2.05, 4.69) is 5.10 Å². The van der Waals surface area contributed by atoms with Crippen LogP contribution in [0.1, 0.15) is 28.0 Å². The molecular formula is C17H18N2O3. The highest BCUT2D eigenvalue weighted by Crippen LogP contribution is 2.34. The summed E-state index contributed by atoms with van der Waals surface area (Å²) < 4.78 is 12.5. The van der Waals surface area contributed by atoms with Gasteiger partial charge in [0.2, 0.25) is 0 Å². The number of methoxy groups -OCH3 is 2. The standard InChI is InChI=1S/C17H18N2O3/c1-19-14-8-7-11(16(20)13(14)10-18-19)9-12-5-4-6-15(21-2)17(12)22-3/h4-6,9-10H,7-8H2,1-3H3. The molecule has 0 spiro atoms. The maximum Gasteiger partial charge on any atom is 0.192 e. The molecule has 0 saturated heterocycles. The molecular weight excluding hydrogens is 280 g/mol. The first-order valence-corrected chi connectivity index (χ1v) is 7.13. The van der Waals surface area contributed by atoms with Crippen LogP contribution in [0.5, 0.6) is 11.5 Å². The molecule has 22 heavy (non-hydrogen) atoms. The van der Waals surface area contributed by atoms with E-state index in [0.717, 1.165) is 23.3 Å². The maximum absolute atomic E-state index is 12.6. The molecule has 5 heteroatoms. The average Bonchev–Trinajstić information content (AvgIpc) is 2.91. The van der Waals surface area contributed by atoms with Crippen molar-refractivity contribution in [2.45, 2.75) is 12.8 Å². The van der Waals surface area contributed by atoms with Gasteiger partial charge in [0.05, 0.1) is 26.0 Å². The monoisotopic (exact) mass is 298 g/mol. The fourth-order valence-electron chi connectivity index (χ4n) is 2.84. The third kappa shape index (κ3) is 2.28. The molecule has 1 aromatic heterocycles. The highest BCUT2D eigenvalue weighted by molar-refractivity contribution is 6.13. The number of fused-ring (bicyclic) bond motifs is 1. The minimum absolute atomic E-state index is 0.0409.